The number of methoxy groups -OCH3 is 1. The van der Waals surface area contributed by atoms with Crippen molar-refractivity contribution < 1.29 is 9.53 Å². The number of ether oxygens (including phenoxy) is 1. The van der Waals surface area contributed by atoms with Crippen LogP contribution in [0.25, 0.3) is 0 Å². The molecule has 5 nitrogen and oxygen atoms in total. The van der Waals surface area contributed by atoms with E-state index < -0.39 is 0 Å². The van der Waals surface area contributed by atoms with Crippen molar-refractivity contribution in [3.63, 3.8) is 0 Å². The molecule has 0 saturated heterocycles. The second-order valence-corrected chi connectivity index (χ2v) is 6.27. The summed E-state index contributed by atoms with van der Waals surface area (Å²) in [5, 5.41) is 6.76. The lowest BCUT2D eigenvalue weighted by Gasteiger charge is -2.14. The summed E-state index contributed by atoms with van der Waals surface area (Å²) in [5.74, 6) is 1.35. The highest BCUT2D eigenvalue weighted by molar-refractivity contribution is 6.31. The largest absolute Gasteiger partial charge is 0.495 e. The minimum absolute atomic E-state index is 0.0269. The van der Waals surface area contributed by atoms with E-state index in [0.29, 0.717) is 22.3 Å². The molecule has 0 aliphatic rings. The van der Waals surface area contributed by atoms with Gasteiger partial charge in [0.15, 0.2) is 0 Å². The van der Waals surface area contributed by atoms with E-state index in [1.165, 1.54) is 0 Å². The quantitative estimate of drug-likeness (QED) is 0.714. The van der Waals surface area contributed by atoms with E-state index in [2.05, 4.69) is 15.6 Å². The van der Waals surface area contributed by atoms with E-state index in [4.69, 9.17) is 16.3 Å². The van der Waals surface area contributed by atoms with Crippen molar-refractivity contribution in [1.82, 2.24) is 4.98 Å². The van der Waals surface area contributed by atoms with Crippen LogP contribution in [0.15, 0.2) is 30.5 Å². The van der Waals surface area contributed by atoms with Crippen molar-refractivity contribution in [3.8, 4) is 5.75 Å². The first-order valence-corrected chi connectivity index (χ1v) is 8.74. The van der Waals surface area contributed by atoms with Crippen LogP contribution in [0.3, 0.4) is 0 Å². The lowest BCUT2D eigenvalue weighted by Crippen LogP contribution is -2.21. The van der Waals surface area contributed by atoms with Gasteiger partial charge in [0, 0.05) is 17.0 Å². The lowest BCUT2D eigenvalue weighted by molar-refractivity contribution is -0.120. The van der Waals surface area contributed by atoms with Crippen molar-refractivity contribution in [1.29, 1.82) is 0 Å². The number of amides is 1. The number of hydrogen-bond donors (Lipinski definition) is 2. The minimum Gasteiger partial charge on any atom is -0.495 e. The third-order valence-electron chi connectivity index (χ3n) is 4.13. The van der Waals surface area contributed by atoms with Crippen molar-refractivity contribution in [3.05, 3.63) is 41.0 Å². The van der Waals surface area contributed by atoms with Crippen molar-refractivity contribution in [2.75, 3.05) is 17.7 Å². The second-order valence-electron chi connectivity index (χ2n) is 5.86. The molecular formula is C19H24ClN3O2. The third-order valence-corrected chi connectivity index (χ3v) is 4.54. The number of anilines is 3. The predicted molar refractivity (Wildman–Crippen MR) is 103 cm³/mol. The molecule has 0 unspecified atom stereocenters. The van der Waals surface area contributed by atoms with Crippen LogP contribution in [0.2, 0.25) is 5.02 Å². The van der Waals surface area contributed by atoms with Gasteiger partial charge in [0.2, 0.25) is 5.91 Å². The Bertz CT molecular complexity index is 728. The summed E-state index contributed by atoms with van der Waals surface area (Å²) < 4.78 is 5.35. The molecular weight excluding hydrogens is 338 g/mol. The van der Waals surface area contributed by atoms with Crippen LogP contribution in [-0.2, 0) is 4.79 Å². The van der Waals surface area contributed by atoms with Crippen molar-refractivity contribution in [2.24, 2.45) is 5.92 Å². The Morgan fingerprint density at radius 1 is 1.28 bits per heavy atom. The maximum Gasteiger partial charge on any atom is 0.227 e. The Kier molecular flexibility index (Phi) is 6.65. The van der Waals surface area contributed by atoms with Gasteiger partial charge in [0.1, 0.15) is 11.6 Å². The Hall–Kier alpha value is -2.27. The molecule has 0 saturated carbocycles. The molecule has 1 aromatic heterocycles. The van der Waals surface area contributed by atoms with Crippen molar-refractivity contribution >= 4 is 34.7 Å². The SMILES string of the molecule is CCC(CC)C(=O)Nc1ccc(Nc2cc(C)c(Cl)cc2OC)nc1. The zero-order valence-electron chi connectivity index (χ0n) is 15.0. The van der Waals surface area contributed by atoms with E-state index in [1.54, 1.807) is 19.4 Å². The number of hydrogen-bond acceptors (Lipinski definition) is 4. The number of aryl methyl sites for hydroxylation is 1. The zero-order chi connectivity index (χ0) is 18.4. The number of carbonyl (C=O) groups excluding carboxylic acids is 1. The first-order valence-electron chi connectivity index (χ1n) is 8.36. The smallest absolute Gasteiger partial charge is 0.227 e. The first kappa shape index (κ1) is 19.1. The lowest BCUT2D eigenvalue weighted by atomic mass is 10.0. The van der Waals surface area contributed by atoms with Gasteiger partial charge >= 0.3 is 0 Å². The number of aromatic nitrogens is 1. The predicted octanol–water partition coefficient (Wildman–Crippen LogP) is 5.17. The molecule has 0 atom stereocenters. The molecule has 1 aromatic carbocycles. The normalized spacial score (nSPS) is 10.6. The van der Waals surface area contributed by atoms with Crippen LogP contribution >= 0.6 is 11.6 Å². The van der Waals surface area contributed by atoms with Crippen LogP contribution < -0.4 is 15.4 Å². The zero-order valence-corrected chi connectivity index (χ0v) is 15.8. The fourth-order valence-electron chi connectivity index (χ4n) is 2.51. The van der Waals surface area contributed by atoms with Gasteiger partial charge in [-0.15, -0.1) is 0 Å². The molecule has 0 spiro atoms. The second kappa shape index (κ2) is 8.72. The average molecular weight is 362 g/mol. The molecule has 2 rings (SSSR count). The maximum absolute atomic E-state index is 12.1. The van der Waals surface area contributed by atoms with Gasteiger partial charge in [-0.25, -0.2) is 4.98 Å². The number of nitrogens with one attached hydrogen (secondary N) is 2. The Morgan fingerprint density at radius 3 is 2.56 bits per heavy atom. The van der Waals surface area contributed by atoms with Gasteiger partial charge in [0.25, 0.3) is 0 Å². The highest BCUT2D eigenvalue weighted by Gasteiger charge is 2.14. The topological polar surface area (TPSA) is 63.2 Å². The van der Waals surface area contributed by atoms with Gasteiger partial charge in [-0.1, -0.05) is 25.4 Å². The van der Waals surface area contributed by atoms with Gasteiger partial charge in [-0.3, -0.25) is 4.79 Å². The summed E-state index contributed by atoms with van der Waals surface area (Å²) in [6, 6.07) is 7.31. The molecule has 6 heteroatoms. The van der Waals surface area contributed by atoms with Gasteiger partial charge in [-0.05, 0) is 43.5 Å². The fourth-order valence-corrected chi connectivity index (χ4v) is 2.67. The number of nitrogens with zero attached hydrogens (tertiary/aromatic N) is 1. The first-order chi connectivity index (χ1) is 12.0. The highest BCUT2D eigenvalue weighted by Crippen LogP contribution is 2.32. The summed E-state index contributed by atoms with van der Waals surface area (Å²) in [4.78, 5) is 16.5. The maximum atomic E-state index is 12.1. The summed E-state index contributed by atoms with van der Waals surface area (Å²) in [7, 11) is 1.59. The third kappa shape index (κ3) is 4.86. The molecule has 25 heavy (non-hydrogen) atoms. The minimum atomic E-state index is 0.0269. The highest BCUT2D eigenvalue weighted by atomic mass is 35.5. The van der Waals surface area contributed by atoms with E-state index in [1.807, 2.05) is 39.0 Å². The number of pyridine rings is 1. The Labute approximate surface area is 153 Å². The number of halogens is 1. The standard InChI is InChI=1S/C19H24ClN3O2/c1-5-13(6-2)19(24)22-14-7-8-18(21-11-14)23-16-9-12(3)15(20)10-17(16)25-4/h7-11,13H,5-6H2,1-4H3,(H,21,23)(H,22,24). The molecule has 0 radical (unpaired) electrons. The van der Waals surface area contributed by atoms with Crippen LogP contribution in [0.5, 0.6) is 5.75 Å². The summed E-state index contributed by atoms with van der Waals surface area (Å²) in [6.07, 6.45) is 3.29. The Balaban J connectivity index is 2.11. The molecule has 1 heterocycles. The fraction of sp³-hybridized carbons (Fsp3) is 0.368. The molecule has 0 fully saturated rings. The molecule has 0 aliphatic carbocycles. The molecule has 134 valence electrons. The van der Waals surface area contributed by atoms with Crippen molar-refractivity contribution in [2.45, 2.75) is 33.6 Å². The summed E-state index contributed by atoms with van der Waals surface area (Å²) in [6.45, 7) is 5.96. The van der Waals surface area contributed by atoms with Gasteiger partial charge in [0.05, 0.1) is 24.7 Å². The molecule has 0 aliphatic heterocycles. The monoisotopic (exact) mass is 361 g/mol. The van der Waals surface area contributed by atoms with Crippen LogP contribution in [0.4, 0.5) is 17.2 Å². The molecule has 1 amide bonds. The van der Waals surface area contributed by atoms with Crippen LogP contribution in [-0.4, -0.2) is 18.0 Å². The van der Waals surface area contributed by atoms with Gasteiger partial charge in [-0.2, -0.15) is 0 Å². The number of carbonyl (C=O) groups is 1. The van der Waals surface area contributed by atoms with Crippen LogP contribution in [0, 0.1) is 12.8 Å². The molecule has 2 aromatic rings. The van der Waals surface area contributed by atoms with E-state index in [-0.39, 0.29) is 11.8 Å². The van der Waals surface area contributed by atoms with E-state index in [0.717, 1.165) is 24.1 Å². The molecule has 2 N–H and O–H groups in total. The average Bonchev–Trinajstić information content (AvgIpc) is 2.60. The number of benzene rings is 1. The van der Waals surface area contributed by atoms with E-state index in [9.17, 15) is 4.79 Å². The van der Waals surface area contributed by atoms with Gasteiger partial charge < -0.3 is 15.4 Å². The Morgan fingerprint density at radius 2 is 2.00 bits per heavy atom. The van der Waals surface area contributed by atoms with E-state index >= 15 is 0 Å². The molecule has 0 bridgehead atoms. The van der Waals surface area contributed by atoms with Crippen LogP contribution in [0.1, 0.15) is 32.3 Å². The summed E-state index contributed by atoms with van der Waals surface area (Å²) in [5.41, 5.74) is 2.41. The summed E-state index contributed by atoms with van der Waals surface area (Å²) >= 11 is 6.12. The number of rotatable bonds is 7.